The molecule has 0 bridgehead atoms. The average molecular weight is 329 g/mol. The molecule has 0 aliphatic rings. The first-order valence-corrected chi connectivity index (χ1v) is 7.79. The van der Waals surface area contributed by atoms with Crippen molar-refractivity contribution < 1.29 is 14.7 Å². The molecule has 0 fully saturated rings. The first-order valence-electron chi connectivity index (χ1n) is 6.26. The van der Waals surface area contributed by atoms with E-state index in [1.165, 1.54) is 0 Å². The summed E-state index contributed by atoms with van der Waals surface area (Å²) in [7, 11) is 0. The van der Waals surface area contributed by atoms with Gasteiger partial charge < -0.3 is 10.4 Å². The molecule has 0 saturated carbocycles. The van der Waals surface area contributed by atoms with E-state index in [-0.39, 0.29) is 0 Å². The summed E-state index contributed by atoms with van der Waals surface area (Å²) in [5, 5.41) is 12.1. The maximum Gasteiger partial charge on any atom is 0.323 e. The van der Waals surface area contributed by atoms with Crippen LogP contribution >= 0.6 is 23.4 Å². The van der Waals surface area contributed by atoms with Crippen LogP contribution in [0.15, 0.2) is 36.9 Å². The summed E-state index contributed by atoms with van der Waals surface area (Å²) >= 11 is 7.42. The van der Waals surface area contributed by atoms with Crippen molar-refractivity contribution in [1.29, 1.82) is 0 Å². The maximum atomic E-state index is 12.1. The summed E-state index contributed by atoms with van der Waals surface area (Å²) in [4.78, 5) is 24.2. The first kappa shape index (κ1) is 17.4. The van der Waals surface area contributed by atoms with Crippen LogP contribution in [0.1, 0.15) is 0 Å². The summed E-state index contributed by atoms with van der Waals surface area (Å²) in [6.07, 6.45) is 1.79. The average Bonchev–Trinajstić information content (AvgIpc) is 2.45. The molecule has 2 N–H and O–H groups in total. The number of rotatable bonds is 8. The number of carbonyl (C=O) groups excluding carboxylic acids is 1. The van der Waals surface area contributed by atoms with E-state index < -0.39 is 18.5 Å². The van der Waals surface area contributed by atoms with Crippen molar-refractivity contribution >= 4 is 41.1 Å². The topological polar surface area (TPSA) is 69.6 Å². The Morgan fingerprint density at radius 2 is 2.05 bits per heavy atom. The second-order valence-electron chi connectivity index (χ2n) is 4.05. The molecular formula is C14H17ClN2O3S. The molecular weight excluding hydrogens is 312 g/mol. The molecule has 0 aromatic heterocycles. The number of halogens is 1. The number of benzene rings is 1. The van der Waals surface area contributed by atoms with Crippen LogP contribution in [0.3, 0.4) is 0 Å². The molecule has 0 spiro atoms. The van der Waals surface area contributed by atoms with E-state index in [0.717, 1.165) is 16.4 Å². The number of aliphatic carboxylic acids is 1. The van der Waals surface area contributed by atoms with Crippen LogP contribution in [-0.2, 0) is 4.79 Å². The van der Waals surface area contributed by atoms with Gasteiger partial charge in [-0.2, -0.15) is 11.8 Å². The van der Waals surface area contributed by atoms with Crippen molar-refractivity contribution in [2.45, 2.75) is 0 Å². The van der Waals surface area contributed by atoms with E-state index in [1.807, 2.05) is 0 Å². The molecule has 0 unspecified atom stereocenters. The van der Waals surface area contributed by atoms with Gasteiger partial charge in [0.1, 0.15) is 6.54 Å². The standard InChI is InChI=1S/C14H17ClN2O3S/c1-2-8-21-9-7-16-14(20)17(10-13(18)19)12-5-3-11(15)4-6-12/h2-6H,1,7-10H2,(H,16,20)(H,18,19). The molecule has 1 aromatic rings. The van der Waals surface area contributed by atoms with Crippen LogP contribution < -0.4 is 10.2 Å². The van der Waals surface area contributed by atoms with E-state index in [1.54, 1.807) is 42.1 Å². The van der Waals surface area contributed by atoms with Gasteiger partial charge in [0.05, 0.1) is 0 Å². The zero-order valence-electron chi connectivity index (χ0n) is 11.4. The summed E-state index contributed by atoms with van der Waals surface area (Å²) in [6, 6.07) is 5.99. The van der Waals surface area contributed by atoms with Crippen molar-refractivity contribution in [2.24, 2.45) is 0 Å². The molecule has 0 saturated heterocycles. The van der Waals surface area contributed by atoms with Crippen molar-refractivity contribution in [3.05, 3.63) is 41.9 Å². The number of carboxylic acid groups (broad SMARTS) is 1. The van der Waals surface area contributed by atoms with E-state index in [4.69, 9.17) is 16.7 Å². The Morgan fingerprint density at radius 3 is 2.62 bits per heavy atom. The Morgan fingerprint density at radius 1 is 1.38 bits per heavy atom. The number of urea groups is 1. The lowest BCUT2D eigenvalue weighted by Crippen LogP contribution is -2.43. The lowest BCUT2D eigenvalue weighted by molar-refractivity contribution is -0.135. The van der Waals surface area contributed by atoms with Crippen molar-refractivity contribution in [1.82, 2.24) is 5.32 Å². The number of thioether (sulfide) groups is 1. The predicted molar refractivity (Wildman–Crippen MR) is 87.4 cm³/mol. The molecule has 114 valence electrons. The van der Waals surface area contributed by atoms with Gasteiger partial charge in [-0.3, -0.25) is 9.69 Å². The smallest absolute Gasteiger partial charge is 0.323 e. The fourth-order valence-electron chi connectivity index (χ4n) is 1.53. The van der Waals surface area contributed by atoms with E-state index in [0.29, 0.717) is 17.3 Å². The van der Waals surface area contributed by atoms with E-state index in [9.17, 15) is 9.59 Å². The summed E-state index contributed by atoms with van der Waals surface area (Å²) in [6.45, 7) is 3.66. The Kier molecular flexibility index (Phi) is 7.71. The summed E-state index contributed by atoms with van der Waals surface area (Å²) < 4.78 is 0. The molecule has 7 heteroatoms. The Labute approximate surface area is 133 Å². The van der Waals surface area contributed by atoms with Crippen molar-refractivity contribution in [2.75, 3.05) is 29.5 Å². The van der Waals surface area contributed by atoms with E-state index >= 15 is 0 Å². The second kappa shape index (κ2) is 9.31. The molecule has 0 atom stereocenters. The molecule has 5 nitrogen and oxygen atoms in total. The monoisotopic (exact) mass is 328 g/mol. The van der Waals surface area contributed by atoms with Crippen molar-refractivity contribution in [3.63, 3.8) is 0 Å². The van der Waals surface area contributed by atoms with Gasteiger partial charge in [-0.05, 0) is 24.3 Å². The molecule has 21 heavy (non-hydrogen) atoms. The lowest BCUT2D eigenvalue weighted by atomic mass is 10.3. The molecule has 0 aliphatic heterocycles. The lowest BCUT2D eigenvalue weighted by Gasteiger charge is -2.21. The molecule has 0 heterocycles. The summed E-state index contributed by atoms with van der Waals surface area (Å²) in [5.41, 5.74) is 0.484. The molecule has 0 aliphatic carbocycles. The van der Waals surface area contributed by atoms with Crippen molar-refractivity contribution in [3.8, 4) is 0 Å². The zero-order chi connectivity index (χ0) is 15.7. The normalized spacial score (nSPS) is 9.95. The molecule has 0 radical (unpaired) electrons. The highest BCUT2D eigenvalue weighted by Crippen LogP contribution is 2.18. The second-order valence-corrected chi connectivity index (χ2v) is 5.64. The first-order chi connectivity index (χ1) is 10.0. The molecule has 2 amide bonds. The van der Waals surface area contributed by atoms with Gasteiger partial charge in [0, 0.05) is 28.8 Å². The fourth-order valence-corrected chi connectivity index (χ4v) is 2.23. The number of nitrogens with one attached hydrogen (secondary N) is 1. The SMILES string of the molecule is C=CCSCCNC(=O)N(CC(=O)O)c1ccc(Cl)cc1. The van der Waals surface area contributed by atoms with Crippen LogP contribution in [0, 0.1) is 0 Å². The van der Waals surface area contributed by atoms with Gasteiger partial charge >= 0.3 is 12.0 Å². The highest BCUT2D eigenvalue weighted by molar-refractivity contribution is 7.99. The summed E-state index contributed by atoms with van der Waals surface area (Å²) in [5.74, 6) is 0.465. The van der Waals surface area contributed by atoms with E-state index in [2.05, 4.69) is 11.9 Å². The van der Waals surface area contributed by atoms with Gasteiger partial charge in [0.15, 0.2) is 0 Å². The molecule has 1 rings (SSSR count). The van der Waals surface area contributed by atoms with Crippen LogP contribution in [0.4, 0.5) is 10.5 Å². The van der Waals surface area contributed by atoms with Crippen LogP contribution in [0.25, 0.3) is 0 Å². The highest BCUT2D eigenvalue weighted by atomic mass is 35.5. The third-order valence-corrected chi connectivity index (χ3v) is 3.65. The number of carbonyl (C=O) groups is 2. The Hall–Kier alpha value is -1.66. The molecule has 1 aromatic carbocycles. The van der Waals surface area contributed by atoms with Crippen LogP contribution in [0.5, 0.6) is 0 Å². The number of amides is 2. The number of carboxylic acids is 1. The minimum Gasteiger partial charge on any atom is -0.480 e. The number of anilines is 1. The minimum atomic E-state index is -1.08. The fraction of sp³-hybridized carbons (Fsp3) is 0.286. The van der Waals surface area contributed by atoms with Gasteiger partial charge in [0.2, 0.25) is 0 Å². The van der Waals surface area contributed by atoms with Gasteiger partial charge in [-0.25, -0.2) is 4.79 Å². The Bertz CT molecular complexity index is 493. The van der Waals surface area contributed by atoms with Gasteiger partial charge in [-0.15, -0.1) is 6.58 Å². The number of hydrogen-bond donors (Lipinski definition) is 2. The third-order valence-electron chi connectivity index (χ3n) is 2.44. The Balaban J connectivity index is 2.64. The zero-order valence-corrected chi connectivity index (χ0v) is 13.0. The predicted octanol–water partition coefficient (Wildman–Crippen LogP) is 2.86. The number of nitrogens with zero attached hydrogens (tertiary/aromatic N) is 1. The van der Waals surface area contributed by atoms with Crippen LogP contribution in [-0.4, -0.2) is 41.7 Å². The maximum absolute atomic E-state index is 12.1. The minimum absolute atomic E-state index is 0.409. The third kappa shape index (κ3) is 6.55. The largest absolute Gasteiger partial charge is 0.480 e. The highest BCUT2D eigenvalue weighted by Gasteiger charge is 2.18. The van der Waals surface area contributed by atoms with Crippen LogP contribution in [0.2, 0.25) is 5.02 Å². The quantitative estimate of drug-likeness (QED) is 0.568. The van der Waals surface area contributed by atoms with Gasteiger partial charge in [-0.1, -0.05) is 17.7 Å². The number of hydrogen-bond acceptors (Lipinski definition) is 3. The van der Waals surface area contributed by atoms with Gasteiger partial charge in [0.25, 0.3) is 0 Å².